The maximum absolute atomic E-state index is 13.6. The second kappa shape index (κ2) is 13.5. The van der Waals surface area contributed by atoms with Crippen molar-refractivity contribution in [3.05, 3.63) is 64.2 Å². The summed E-state index contributed by atoms with van der Waals surface area (Å²) in [5.74, 6) is -1.12. The van der Waals surface area contributed by atoms with Gasteiger partial charge in [-0.2, -0.15) is 0 Å². The van der Waals surface area contributed by atoms with Gasteiger partial charge in [0.15, 0.2) is 0 Å². The van der Waals surface area contributed by atoms with Gasteiger partial charge in [-0.15, -0.1) is 0 Å². The zero-order chi connectivity index (χ0) is 23.5. The molecule has 2 rings (SSSR count). The van der Waals surface area contributed by atoms with Gasteiger partial charge in [-0.1, -0.05) is 37.1 Å². The fraction of sp³-hybridized carbons (Fsp3) is 0.500. The largest absolute Gasteiger partial charge is 0.377 e. The molecule has 1 amide bonds. The summed E-state index contributed by atoms with van der Waals surface area (Å²) in [5, 5.41) is 9.81. The van der Waals surface area contributed by atoms with Crippen LogP contribution in [0.1, 0.15) is 55.5 Å². The third-order valence-corrected chi connectivity index (χ3v) is 5.94. The predicted molar refractivity (Wildman–Crippen MR) is 123 cm³/mol. The maximum Gasteiger partial charge on any atom is 0.246 e. The number of hydroxylamine groups is 1. The number of nitrogens with one attached hydrogen (secondary N) is 1. The van der Waals surface area contributed by atoms with E-state index in [1.165, 1.54) is 6.07 Å². The Morgan fingerprint density at radius 2 is 2.09 bits per heavy atom. The molecule has 0 spiro atoms. The minimum absolute atomic E-state index is 0.275. The van der Waals surface area contributed by atoms with E-state index in [1.54, 1.807) is 37.8 Å². The third-order valence-electron chi connectivity index (χ3n) is 5.72. The van der Waals surface area contributed by atoms with Gasteiger partial charge >= 0.3 is 0 Å². The van der Waals surface area contributed by atoms with Crippen molar-refractivity contribution in [2.24, 2.45) is 5.92 Å². The molecule has 2 aromatic rings. The summed E-state index contributed by atoms with van der Waals surface area (Å²) in [4.78, 5) is 18.9. The van der Waals surface area contributed by atoms with Gasteiger partial charge in [0.2, 0.25) is 5.91 Å². The molecule has 0 fully saturated rings. The lowest BCUT2D eigenvalue weighted by Crippen LogP contribution is -2.30. The molecule has 0 aliphatic carbocycles. The summed E-state index contributed by atoms with van der Waals surface area (Å²) in [6.07, 6.45) is 4.03. The van der Waals surface area contributed by atoms with Crippen LogP contribution < -0.4 is 5.48 Å². The van der Waals surface area contributed by atoms with Gasteiger partial charge in [0.25, 0.3) is 0 Å². The van der Waals surface area contributed by atoms with E-state index in [0.29, 0.717) is 23.4 Å². The standard InChI is InChI=1S/C24H33ClFN3O3/c1-4-29(16-21-10-9-20(25)15-27-21)12-6-5-7-19(24(30)28-31)14-23(32-3)18-8-11-22(26)17(2)13-18/h8-11,13,15,19,23,31H,4-7,12,14,16H2,1-3H3,(H,28,30). The SMILES string of the molecule is CCN(CCCCC(CC(OC)c1ccc(F)c(C)c1)C(=O)NO)Cc1ccc(Cl)cn1. The number of benzene rings is 1. The maximum atomic E-state index is 13.6. The van der Waals surface area contributed by atoms with Gasteiger partial charge in [-0.25, -0.2) is 9.87 Å². The molecule has 8 heteroatoms. The van der Waals surface area contributed by atoms with E-state index in [9.17, 15) is 14.4 Å². The molecule has 6 nitrogen and oxygen atoms in total. The Morgan fingerprint density at radius 3 is 2.69 bits per heavy atom. The topological polar surface area (TPSA) is 74.7 Å². The number of carbonyl (C=O) groups excluding carboxylic acids is 1. The molecule has 0 saturated carbocycles. The molecular formula is C24H33ClFN3O3. The van der Waals surface area contributed by atoms with E-state index in [-0.39, 0.29) is 11.9 Å². The number of pyridine rings is 1. The Hall–Kier alpha value is -2.06. The van der Waals surface area contributed by atoms with Crippen LogP contribution >= 0.6 is 11.6 Å². The van der Waals surface area contributed by atoms with Crippen molar-refractivity contribution in [3.8, 4) is 0 Å². The lowest BCUT2D eigenvalue weighted by Gasteiger charge is -2.23. The molecule has 0 radical (unpaired) electrons. The fourth-order valence-electron chi connectivity index (χ4n) is 3.75. The number of rotatable bonds is 13. The van der Waals surface area contributed by atoms with Crippen molar-refractivity contribution in [2.75, 3.05) is 20.2 Å². The van der Waals surface area contributed by atoms with E-state index < -0.39 is 11.8 Å². The van der Waals surface area contributed by atoms with E-state index in [2.05, 4.69) is 16.8 Å². The summed E-state index contributed by atoms with van der Waals surface area (Å²) >= 11 is 5.90. The van der Waals surface area contributed by atoms with Gasteiger partial charge in [0.05, 0.1) is 16.8 Å². The van der Waals surface area contributed by atoms with Crippen molar-refractivity contribution < 1.29 is 19.1 Å². The number of unbranched alkanes of at least 4 members (excludes halogenated alkanes) is 1. The number of aromatic nitrogens is 1. The second-order valence-corrected chi connectivity index (χ2v) is 8.41. The molecule has 32 heavy (non-hydrogen) atoms. The molecule has 0 saturated heterocycles. The molecular weight excluding hydrogens is 433 g/mol. The quantitative estimate of drug-likeness (QED) is 0.245. The molecule has 2 atom stereocenters. The number of carbonyl (C=O) groups is 1. The Kier molecular flexibility index (Phi) is 11.0. The first-order valence-corrected chi connectivity index (χ1v) is 11.3. The highest BCUT2D eigenvalue weighted by atomic mass is 35.5. The predicted octanol–water partition coefficient (Wildman–Crippen LogP) is 5.07. The van der Waals surface area contributed by atoms with Gasteiger partial charge in [-0.3, -0.25) is 19.9 Å². The van der Waals surface area contributed by atoms with Crippen LogP contribution in [0.3, 0.4) is 0 Å². The fourth-order valence-corrected chi connectivity index (χ4v) is 3.86. The van der Waals surface area contributed by atoms with Gasteiger partial charge in [0, 0.05) is 25.8 Å². The molecule has 0 aliphatic heterocycles. The second-order valence-electron chi connectivity index (χ2n) is 7.97. The first-order chi connectivity index (χ1) is 15.4. The zero-order valence-electron chi connectivity index (χ0n) is 19.0. The number of aryl methyl sites for hydroxylation is 1. The summed E-state index contributed by atoms with van der Waals surface area (Å²) in [6, 6.07) is 8.58. The van der Waals surface area contributed by atoms with Crippen LogP contribution in [0.25, 0.3) is 0 Å². The number of methoxy groups -OCH3 is 1. The van der Waals surface area contributed by atoms with Crippen LogP contribution in [-0.4, -0.2) is 41.2 Å². The molecule has 1 heterocycles. The van der Waals surface area contributed by atoms with Crippen molar-refractivity contribution in [3.63, 3.8) is 0 Å². The van der Waals surface area contributed by atoms with Crippen molar-refractivity contribution in [1.29, 1.82) is 0 Å². The van der Waals surface area contributed by atoms with Crippen LogP contribution in [0, 0.1) is 18.7 Å². The number of nitrogens with zero attached hydrogens (tertiary/aromatic N) is 2. The van der Waals surface area contributed by atoms with E-state index in [1.807, 2.05) is 12.1 Å². The van der Waals surface area contributed by atoms with Gasteiger partial charge < -0.3 is 4.74 Å². The highest BCUT2D eigenvalue weighted by Gasteiger charge is 2.24. The van der Waals surface area contributed by atoms with Crippen molar-refractivity contribution in [1.82, 2.24) is 15.4 Å². The lowest BCUT2D eigenvalue weighted by atomic mass is 9.91. The Labute approximate surface area is 194 Å². The van der Waals surface area contributed by atoms with Crippen LogP contribution in [0.4, 0.5) is 4.39 Å². The average Bonchev–Trinajstić information content (AvgIpc) is 2.80. The first-order valence-electron chi connectivity index (χ1n) is 10.9. The van der Waals surface area contributed by atoms with Gasteiger partial charge in [-0.05, 0) is 68.6 Å². The molecule has 2 unspecified atom stereocenters. The molecule has 0 bridgehead atoms. The summed E-state index contributed by atoms with van der Waals surface area (Å²) in [7, 11) is 1.57. The van der Waals surface area contributed by atoms with E-state index >= 15 is 0 Å². The summed E-state index contributed by atoms with van der Waals surface area (Å²) in [5.41, 5.74) is 4.09. The number of ether oxygens (including phenoxy) is 1. The minimum atomic E-state index is -0.427. The zero-order valence-corrected chi connectivity index (χ0v) is 19.7. The highest BCUT2D eigenvalue weighted by Crippen LogP contribution is 2.28. The van der Waals surface area contributed by atoms with Crippen LogP contribution in [0.15, 0.2) is 36.5 Å². The third kappa shape index (κ3) is 8.13. The summed E-state index contributed by atoms with van der Waals surface area (Å²) < 4.78 is 19.2. The molecule has 2 N–H and O–H groups in total. The molecule has 176 valence electrons. The number of hydrogen-bond donors (Lipinski definition) is 2. The average molecular weight is 466 g/mol. The minimum Gasteiger partial charge on any atom is -0.377 e. The van der Waals surface area contributed by atoms with Crippen LogP contribution in [0.5, 0.6) is 0 Å². The van der Waals surface area contributed by atoms with Crippen LogP contribution in [0.2, 0.25) is 5.02 Å². The number of amides is 1. The normalized spacial score (nSPS) is 13.2. The lowest BCUT2D eigenvalue weighted by molar-refractivity contribution is -0.135. The Morgan fingerprint density at radius 1 is 1.31 bits per heavy atom. The summed E-state index contributed by atoms with van der Waals surface area (Å²) in [6.45, 7) is 6.30. The molecule has 1 aromatic heterocycles. The van der Waals surface area contributed by atoms with Crippen molar-refractivity contribution >= 4 is 17.5 Å². The Bertz CT molecular complexity index is 851. The monoisotopic (exact) mass is 465 g/mol. The van der Waals surface area contributed by atoms with E-state index in [4.69, 9.17) is 16.3 Å². The molecule has 0 aliphatic rings. The van der Waals surface area contributed by atoms with E-state index in [0.717, 1.165) is 43.7 Å². The smallest absolute Gasteiger partial charge is 0.246 e. The van der Waals surface area contributed by atoms with Gasteiger partial charge in [0.1, 0.15) is 5.82 Å². The highest BCUT2D eigenvalue weighted by molar-refractivity contribution is 6.30. The number of halogens is 2. The first kappa shape index (κ1) is 26.2. The van der Waals surface area contributed by atoms with Crippen LogP contribution in [-0.2, 0) is 16.1 Å². The molecule has 1 aromatic carbocycles. The Balaban J connectivity index is 1.90. The number of hydrogen-bond acceptors (Lipinski definition) is 5. The van der Waals surface area contributed by atoms with Crippen molar-refractivity contribution in [2.45, 2.75) is 52.2 Å².